The molecule has 1 aliphatic carbocycles. The van der Waals surface area contributed by atoms with Gasteiger partial charge < -0.3 is 19.9 Å². The Labute approximate surface area is 217 Å². The van der Waals surface area contributed by atoms with Crippen LogP contribution in [0.1, 0.15) is 106 Å². The summed E-state index contributed by atoms with van der Waals surface area (Å²) in [5, 5.41) is 0. The molecular weight excluding hydrogens is 450 g/mol. The fraction of sp³-hybridized carbons (Fsp3) is 0.581. The molecule has 0 aromatic heterocycles. The summed E-state index contributed by atoms with van der Waals surface area (Å²) in [6, 6.07) is 13.3. The Hall–Kier alpha value is -2.53. The van der Waals surface area contributed by atoms with Crippen molar-refractivity contribution in [3.05, 3.63) is 53.6 Å². The fourth-order valence-electron chi connectivity index (χ4n) is 5.14. The summed E-state index contributed by atoms with van der Waals surface area (Å²) in [4.78, 5) is 12.8. The maximum absolute atomic E-state index is 12.8. The molecule has 0 amide bonds. The summed E-state index contributed by atoms with van der Waals surface area (Å²) in [7, 11) is 1.58. The Morgan fingerprint density at radius 2 is 1.64 bits per heavy atom. The highest BCUT2D eigenvalue weighted by Crippen LogP contribution is 2.38. The lowest BCUT2D eigenvalue weighted by atomic mass is 9.77. The first-order valence-corrected chi connectivity index (χ1v) is 14.0. The molecule has 1 aliphatic rings. The average molecular weight is 496 g/mol. The molecule has 0 bridgehead atoms. The molecule has 2 aromatic carbocycles. The smallest absolute Gasteiger partial charge is 0.343 e. The van der Waals surface area contributed by atoms with Gasteiger partial charge in [0.25, 0.3) is 0 Å². The second kappa shape index (κ2) is 15.6. The van der Waals surface area contributed by atoms with Crippen molar-refractivity contribution in [2.24, 2.45) is 11.7 Å². The highest BCUT2D eigenvalue weighted by atomic mass is 16.5. The molecule has 2 aromatic rings. The van der Waals surface area contributed by atoms with Gasteiger partial charge in [-0.25, -0.2) is 4.79 Å². The summed E-state index contributed by atoms with van der Waals surface area (Å²) in [6.07, 6.45) is 14.8. The van der Waals surface area contributed by atoms with Crippen molar-refractivity contribution >= 4 is 5.97 Å². The first-order chi connectivity index (χ1) is 17.6. The van der Waals surface area contributed by atoms with E-state index in [1.165, 1.54) is 56.9 Å². The number of carbonyl (C=O) groups excluding carboxylic acids is 1. The molecule has 5 nitrogen and oxygen atoms in total. The molecule has 198 valence electrons. The maximum Gasteiger partial charge on any atom is 0.343 e. The first-order valence-electron chi connectivity index (χ1n) is 14.0. The monoisotopic (exact) mass is 495 g/mol. The van der Waals surface area contributed by atoms with Gasteiger partial charge in [0.15, 0.2) is 11.5 Å². The van der Waals surface area contributed by atoms with Gasteiger partial charge >= 0.3 is 5.97 Å². The number of rotatable bonds is 15. The third kappa shape index (κ3) is 8.85. The molecule has 0 heterocycles. The van der Waals surface area contributed by atoms with Gasteiger partial charge in [0.2, 0.25) is 0 Å². The Kier molecular flexibility index (Phi) is 12.1. The lowest BCUT2D eigenvalue weighted by Gasteiger charge is -2.29. The number of unbranched alkanes of at least 4 members (excludes halogenated alkanes) is 5. The van der Waals surface area contributed by atoms with Crippen molar-refractivity contribution in [2.75, 3.05) is 20.3 Å². The molecule has 1 saturated carbocycles. The average Bonchev–Trinajstić information content (AvgIpc) is 2.91. The van der Waals surface area contributed by atoms with Crippen LogP contribution in [0.3, 0.4) is 0 Å². The second-order valence-electron chi connectivity index (χ2n) is 10.1. The van der Waals surface area contributed by atoms with E-state index in [0.717, 1.165) is 38.1 Å². The van der Waals surface area contributed by atoms with Gasteiger partial charge in [-0.2, -0.15) is 0 Å². The molecule has 36 heavy (non-hydrogen) atoms. The van der Waals surface area contributed by atoms with E-state index in [2.05, 4.69) is 19.1 Å². The van der Waals surface area contributed by atoms with Crippen molar-refractivity contribution in [2.45, 2.75) is 89.9 Å². The first kappa shape index (κ1) is 28.0. The third-order valence-corrected chi connectivity index (χ3v) is 7.38. The van der Waals surface area contributed by atoms with Crippen LogP contribution in [-0.4, -0.2) is 26.2 Å². The van der Waals surface area contributed by atoms with E-state index < -0.39 is 5.97 Å². The minimum atomic E-state index is -0.401. The molecule has 2 N–H and O–H groups in total. The van der Waals surface area contributed by atoms with Crippen LogP contribution in [-0.2, 0) is 0 Å². The number of carbonyl (C=O) groups is 1. The van der Waals surface area contributed by atoms with Gasteiger partial charge in [0, 0.05) is 0 Å². The van der Waals surface area contributed by atoms with E-state index in [-0.39, 0.29) is 0 Å². The molecule has 0 saturated heterocycles. The Morgan fingerprint density at radius 3 is 2.33 bits per heavy atom. The number of ether oxygens (including phenoxy) is 3. The van der Waals surface area contributed by atoms with Crippen LogP contribution < -0.4 is 19.9 Å². The van der Waals surface area contributed by atoms with Crippen LogP contribution in [0, 0.1) is 5.92 Å². The topological polar surface area (TPSA) is 70.8 Å². The molecule has 0 unspecified atom stereocenters. The van der Waals surface area contributed by atoms with Gasteiger partial charge in [-0.15, -0.1) is 0 Å². The molecule has 0 radical (unpaired) electrons. The number of methoxy groups -OCH3 is 1. The minimum Gasteiger partial charge on any atom is -0.493 e. The SMILES string of the molecule is CCCCCC1CCC(c2ccc(OC(=O)c3ccc(OCCCCCCN)c(OC)c3)cc2)CC1. The van der Waals surface area contributed by atoms with Gasteiger partial charge in [0.1, 0.15) is 5.75 Å². The van der Waals surface area contributed by atoms with E-state index in [0.29, 0.717) is 35.3 Å². The lowest BCUT2D eigenvalue weighted by molar-refractivity contribution is 0.0734. The van der Waals surface area contributed by atoms with Crippen LogP contribution in [0.15, 0.2) is 42.5 Å². The minimum absolute atomic E-state index is 0.401. The van der Waals surface area contributed by atoms with Crippen molar-refractivity contribution in [1.29, 1.82) is 0 Å². The van der Waals surface area contributed by atoms with Crippen molar-refractivity contribution < 1.29 is 19.0 Å². The van der Waals surface area contributed by atoms with E-state index in [9.17, 15) is 4.79 Å². The highest BCUT2D eigenvalue weighted by Gasteiger charge is 2.22. The van der Waals surface area contributed by atoms with Crippen LogP contribution >= 0.6 is 0 Å². The van der Waals surface area contributed by atoms with Gasteiger partial charge in [-0.05, 0) is 92.8 Å². The molecule has 0 spiro atoms. The van der Waals surface area contributed by atoms with Crippen LogP contribution in [0.4, 0.5) is 0 Å². The largest absolute Gasteiger partial charge is 0.493 e. The number of hydrogen-bond donors (Lipinski definition) is 1. The number of benzene rings is 2. The highest BCUT2D eigenvalue weighted by molar-refractivity contribution is 5.91. The number of esters is 1. The maximum atomic E-state index is 12.8. The molecule has 0 aliphatic heterocycles. The Balaban J connectivity index is 1.48. The van der Waals surface area contributed by atoms with Crippen molar-refractivity contribution in [3.8, 4) is 17.2 Å². The zero-order valence-electron chi connectivity index (χ0n) is 22.3. The standard InChI is InChI=1S/C31H45NO4/c1-3-4-7-10-24-11-13-25(14-12-24)26-15-18-28(19-16-26)36-31(33)27-17-20-29(30(23-27)34-2)35-22-9-6-5-8-21-32/h15-20,23-25H,3-14,21-22,32H2,1-2H3. The van der Waals surface area contributed by atoms with E-state index >= 15 is 0 Å². The quantitative estimate of drug-likeness (QED) is 0.156. The summed E-state index contributed by atoms with van der Waals surface area (Å²) in [6.45, 7) is 3.61. The molecule has 3 rings (SSSR count). The second-order valence-corrected chi connectivity index (χ2v) is 10.1. The van der Waals surface area contributed by atoms with Crippen LogP contribution in [0.2, 0.25) is 0 Å². The van der Waals surface area contributed by atoms with Gasteiger partial charge in [-0.3, -0.25) is 0 Å². The zero-order valence-corrected chi connectivity index (χ0v) is 22.3. The van der Waals surface area contributed by atoms with Crippen molar-refractivity contribution in [3.63, 3.8) is 0 Å². The Bertz CT molecular complexity index is 903. The Morgan fingerprint density at radius 1 is 0.889 bits per heavy atom. The summed E-state index contributed by atoms with van der Waals surface area (Å²) >= 11 is 0. The third-order valence-electron chi connectivity index (χ3n) is 7.38. The van der Waals surface area contributed by atoms with Crippen LogP contribution in [0.25, 0.3) is 0 Å². The zero-order chi connectivity index (χ0) is 25.6. The van der Waals surface area contributed by atoms with E-state index in [1.54, 1.807) is 25.3 Å². The predicted octanol–water partition coefficient (Wildman–Crippen LogP) is 7.67. The summed E-state index contributed by atoms with van der Waals surface area (Å²) < 4.78 is 16.9. The molecule has 1 fully saturated rings. The van der Waals surface area contributed by atoms with E-state index in [1.807, 2.05) is 12.1 Å². The summed E-state index contributed by atoms with van der Waals surface area (Å²) in [5.41, 5.74) is 7.32. The number of nitrogens with two attached hydrogens (primary N) is 1. The molecular formula is C31H45NO4. The van der Waals surface area contributed by atoms with Gasteiger partial charge in [-0.1, -0.05) is 57.6 Å². The fourth-order valence-corrected chi connectivity index (χ4v) is 5.14. The molecule has 5 heteroatoms. The van der Waals surface area contributed by atoms with Crippen molar-refractivity contribution in [1.82, 2.24) is 0 Å². The van der Waals surface area contributed by atoms with Gasteiger partial charge in [0.05, 0.1) is 19.3 Å². The van der Waals surface area contributed by atoms with E-state index in [4.69, 9.17) is 19.9 Å². The summed E-state index contributed by atoms with van der Waals surface area (Å²) in [5.74, 6) is 2.86. The van der Waals surface area contributed by atoms with Crippen LogP contribution in [0.5, 0.6) is 17.2 Å². The lowest BCUT2D eigenvalue weighted by Crippen LogP contribution is -2.13. The number of hydrogen-bond acceptors (Lipinski definition) is 5. The molecule has 0 atom stereocenters. The normalized spacial score (nSPS) is 17.5. The predicted molar refractivity (Wildman–Crippen MR) is 146 cm³/mol.